The highest BCUT2D eigenvalue weighted by molar-refractivity contribution is 5.87. The second-order valence-corrected chi connectivity index (χ2v) is 5.22. The van der Waals surface area contributed by atoms with Crippen LogP contribution in [0.25, 0.3) is 0 Å². The minimum atomic E-state index is -1.01. The Labute approximate surface area is 139 Å². The molecule has 0 aliphatic carbocycles. The average molecular weight is 335 g/mol. The minimum absolute atomic E-state index is 0.0371. The molecule has 0 bridgehead atoms. The molecule has 24 heavy (non-hydrogen) atoms. The fourth-order valence-corrected chi connectivity index (χ4v) is 1.89. The number of hydrogen-bond acceptors (Lipinski definition) is 4. The molecule has 0 aromatic heterocycles. The molecule has 0 spiro atoms. The van der Waals surface area contributed by atoms with Gasteiger partial charge >= 0.3 is 5.97 Å². The molecule has 0 saturated heterocycles. The molecule has 0 aliphatic rings. The van der Waals surface area contributed by atoms with Gasteiger partial charge in [0.2, 0.25) is 17.7 Å². The van der Waals surface area contributed by atoms with E-state index in [1.165, 1.54) is 6.92 Å². The van der Waals surface area contributed by atoms with Crippen molar-refractivity contribution >= 4 is 23.7 Å². The van der Waals surface area contributed by atoms with Gasteiger partial charge < -0.3 is 21.1 Å². The Morgan fingerprint density at radius 3 is 2.12 bits per heavy atom. The van der Waals surface area contributed by atoms with Gasteiger partial charge in [-0.3, -0.25) is 19.2 Å². The highest BCUT2D eigenvalue weighted by atomic mass is 16.4. The van der Waals surface area contributed by atoms with Crippen LogP contribution in [0.15, 0.2) is 30.3 Å². The first kappa shape index (κ1) is 19.1. The molecule has 0 aliphatic heterocycles. The molecule has 1 atom stereocenters. The average Bonchev–Trinajstić information content (AvgIpc) is 2.55. The van der Waals surface area contributed by atoms with E-state index in [1.54, 1.807) is 0 Å². The van der Waals surface area contributed by atoms with Gasteiger partial charge in [0, 0.05) is 13.5 Å². The maximum absolute atomic E-state index is 11.7. The number of nitrogens with one attached hydrogen (secondary N) is 3. The van der Waals surface area contributed by atoms with Crippen LogP contribution in [0.2, 0.25) is 0 Å². The van der Waals surface area contributed by atoms with Crippen molar-refractivity contribution in [2.24, 2.45) is 5.92 Å². The molecule has 0 heterocycles. The lowest BCUT2D eigenvalue weighted by atomic mass is 9.99. The third-order valence-electron chi connectivity index (χ3n) is 3.16. The van der Waals surface area contributed by atoms with Crippen LogP contribution < -0.4 is 16.0 Å². The van der Waals surface area contributed by atoms with Gasteiger partial charge in [-0.05, 0) is 12.0 Å². The number of carboxylic acid groups (broad SMARTS) is 1. The summed E-state index contributed by atoms with van der Waals surface area (Å²) in [5.74, 6) is -3.11. The van der Waals surface area contributed by atoms with E-state index in [4.69, 9.17) is 0 Å². The third kappa shape index (κ3) is 7.92. The number of amides is 3. The molecule has 1 rings (SSSR count). The molecule has 8 heteroatoms. The summed E-state index contributed by atoms with van der Waals surface area (Å²) in [6.07, 6.45) is 0.297. The van der Waals surface area contributed by atoms with Crippen molar-refractivity contribution in [1.29, 1.82) is 0 Å². The van der Waals surface area contributed by atoms with Crippen LogP contribution in [0, 0.1) is 5.92 Å². The summed E-state index contributed by atoms with van der Waals surface area (Å²) in [5.41, 5.74) is 0.864. The van der Waals surface area contributed by atoms with E-state index in [1.807, 2.05) is 30.3 Å². The highest BCUT2D eigenvalue weighted by Crippen LogP contribution is 2.08. The van der Waals surface area contributed by atoms with Crippen molar-refractivity contribution in [2.75, 3.05) is 19.6 Å². The molecule has 0 saturated carbocycles. The van der Waals surface area contributed by atoms with Gasteiger partial charge in [0.15, 0.2) is 0 Å². The molecule has 130 valence electrons. The van der Waals surface area contributed by atoms with Gasteiger partial charge in [-0.25, -0.2) is 0 Å². The zero-order valence-corrected chi connectivity index (χ0v) is 13.4. The molecule has 8 nitrogen and oxygen atoms in total. The Balaban J connectivity index is 2.35. The number of hydrogen-bond donors (Lipinski definition) is 4. The van der Waals surface area contributed by atoms with Crippen LogP contribution >= 0.6 is 0 Å². The van der Waals surface area contributed by atoms with Gasteiger partial charge in [0.1, 0.15) is 0 Å². The second-order valence-electron chi connectivity index (χ2n) is 5.22. The lowest BCUT2D eigenvalue weighted by Gasteiger charge is -2.14. The molecule has 1 unspecified atom stereocenters. The first-order valence-corrected chi connectivity index (χ1v) is 7.43. The molecule has 0 radical (unpaired) electrons. The van der Waals surface area contributed by atoms with Crippen LogP contribution in [0.5, 0.6) is 0 Å². The standard InChI is InChI=1S/C16H21N3O5/c1-11(20)17-9-14(21)19-10-15(22)18-8-13(16(23)24)7-12-5-3-2-4-6-12/h2-6,13H,7-10H2,1H3,(H,17,20)(H,18,22)(H,19,21)(H,23,24). The van der Waals surface area contributed by atoms with Crippen LogP contribution in [0.3, 0.4) is 0 Å². The van der Waals surface area contributed by atoms with E-state index in [0.717, 1.165) is 5.56 Å². The summed E-state index contributed by atoms with van der Waals surface area (Å²) in [6.45, 7) is 0.744. The minimum Gasteiger partial charge on any atom is -0.481 e. The summed E-state index contributed by atoms with van der Waals surface area (Å²) < 4.78 is 0. The number of carbonyl (C=O) groups excluding carboxylic acids is 3. The molecule has 1 aromatic rings. The lowest BCUT2D eigenvalue weighted by Crippen LogP contribution is -2.43. The molecule has 4 N–H and O–H groups in total. The normalized spacial score (nSPS) is 11.2. The second kappa shape index (κ2) is 9.98. The first-order valence-electron chi connectivity index (χ1n) is 7.43. The zero-order chi connectivity index (χ0) is 17.9. The van der Waals surface area contributed by atoms with Crippen LogP contribution in [0.4, 0.5) is 0 Å². The van der Waals surface area contributed by atoms with E-state index in [-0.39, 0.29) is 25.5 Å². The molecule has 3 amide bonds. The predicted molar refractivity (Wildman–Crippen MR) is 86.0 cm³/mol. The van der Waals surface area contributed by atoms with Gasteiger partial charge in [0.05, 0.1) is 19.0 Å². The summed E-state index contributed by atoms with van der Waals surface area (Å²) in [7, 11) is 0. The summed E-state index contributed by atoms with van der Waals surface area (Å²) in [4.78, 5) is 44.9. The van der Waals surface area contributed by atoms with Gasteiger partial charge in [0.25, 0.3) is 0 Å². The van der Waals surface area contributed by atoms with E-state index in [9.17, 15) is 24.3 Å². The van der Waals surface area contributed by atoms with E-state index in [2.05, 4.69) is 16.0 Å². The fourth-order valence-electron chi connectivity index (χ4n) is 1.89. The predicted octanol–water partition coefficient (Wildman–Crippen LogP) is -0.702. The van der Waals surface area contributed by atoms with Crippen molar-refractivity contribution in [3.8, 4) is 0 Å². The highest BCUT2D eigenvalue weighted by Gasteiger charge is 2.19. The SMILES string of the molecule is CC(=O)NCC(=O)NCC(=O)NCC(Cc1ccccc1)C(=O)O. The molecule has 0 fully saturated rings. The largest absolute Gasteiger partial charge is 0.481 e. The summed E-state index contributed by atoms with van der Waals surface area (Å²) in [5, 5.41) is 16.3. The number of aliphatic carboxylic acids is 1. The Morgan fingerprint density at radius 1 is 0.958 bits per heavy atom. The van der Waals surface area contributed by atoms with Crippen LogP contribution in [-0.4, -0.2) is 48.4 Å². The van der Waals surface area contributed by atoms with Crippen molar-refractivity contribution in [3.05, 3.63) is 35.9 Å². The zero-order valence-electron chi connectivity index (χ0n) is 13.4. The van der Waals surface area contributed by atoms with Crippen LogP contribution in [0.1, 0.15) is 12.5 Å². The first-order chi connectivity index (χ1) is 11.4. The monoisotopic (exact) mass is 335 g/mol. The van der Waals surface area contributed by atoms with Crippen molar-refractivity contribution in [3.63, 3.8) is 0 Å². The van der Waals surface area contributed by atoms with Crippen LogP contribution in [-0.2, 0) is 25.6 Å². The van der Waals surface area contributed by atoms with E-state index >= 15 is 0 Å². The Hall–Kier alpha value is -2.90. The van der Waals surface area contributed by atoms with E-state index < -0.39 is 23.7 Å². The molecule has 1 aromatic carbocycles. The summed E-state index contributed by atoms with van der Waals surface area (Å²) >= 11 is 0. The molecular formula is C16H21N3O5. The maximum Gasteiger partial charge on any atom is 0.308 e. The van der Waals surface area contributed by atoms with E-state index in [0.29, 0.717) is 6.42 Å². The van der Waals surface area contributed by atoms with Gasteiger partial charge in [-0.15, -0.1) is 0 Å². The maximum atomic E-state index is 11.7. The fraction of sp³-hybridized carbons (Fsp3) is 0.375. The quantitative estimate of drug-likeness (QED) is 0.475. The summed E-state index contributed by atoms with van der Waals surface area (Å²) in [6, 6.07) is 9.11. The topological polar surface area (TPSA) is 125 Å². The number of rotatable bonds is 9. The van der Waals surface area contributed by atoms with Gasteiger partial charge in [-0.1, -0.05) is 30.3 Å². The molecular weight excluding hydrogens is 314 g/mol. The number of carboxylic acids is 1. The lowest BCUT2D eigenvalue weighted by molar-refractivity contribution is -0.141. The Morgan fingerprint density at radius 2 is 1.54 bits per heavy atom. The van der Waals surface area contributed by atoms with Crippen molar-refractivity contribution < 1.29 is 24.3 Å². The van der Waals surface area contributed by atoms with Crippen molar-refractivity contribution in [2.45, 2.75) is 13.3 Å². The third-order valence-corrected chi connectivity index (χ3v) is 3.16. The van der Waals surface area contributed by atoms with Crippen molar-refractivity contribution in [1.82, 2.24) is 16.0 Å². The van der Waals surface area contributed by atoms with Gasteiger partial charge in [-0.2, -0.15) is 0 Å². The number of carbonyl (C=O) groups is 4. The number of benzene rings is 1. The Bertz CT molecular complexity index is 589. The smallest absolute Gasteiger partial charge is 0.308 e. The Kier molecular flexibility index (Phi) is 7.97.